The number of hydrogen-bond donors (Lipinski definition) is 1. The number of anilines is 1. The molecule has 5 nitrogen and oxygen atoms in total. The number of ether oxygens (including phenoxy) is 1. The molecule has 0 fully saturated rings. The van der Waals surface area contributed by atoms with Crippen LogP contribution < -0.4 is 10.1 Å². The van der Waals surface area contributed by atoms with Crippen LogP contribution in [0.3, 0.4) is 0 Å². The largest absolute Gasteiger partial charge is 0.492 e. The average Bonchev–Trinajstić information content (AvgIpc) is 2.98. The highest BCUT2D eigenvalue weighted by Crippen LogP contribution is 2.18. The molecule has 2 aromatic rings. The van der Waals surface area contributed by atoms with E-state index in [4.69, 9.17) is 4.74 Å². The van der Waals surface area contributed by atoms with Crippen molar-refractivity contribution < 1.29 is 9.53 Å². The molecular formula is C16H21N3O2S. The fraction of sp³-hybridized carbons (Fsp3) is 0.375. The Hall–Kier alpha value is -1.92. The van der Waals surface area contributed by atoms with Crippen molar-refractivity contribution in [1.82, 2.24) is 9.88 Å². The molecule has 0 bridgehead atoms. The molecule has 0 spiro atoms. The Morgan fingerprint density at radius 1 is 1.32 bits per heavy atom. The third-order valence-corrected chi connectivity index (χ3v) is 4.14. The van der Waals surface area contributed by atoms with Gasteiger partial charge in [-0.3, -0.25) is 4.79 Å². The number of likely N-dealkylation sites (N-methyl/N-ethyl adjacent to an activating group) is 1. The number of benzene rings is 1. The minimum Gasteiger partial charge on any atom is -0.492 e. The molecule has 2 rings (SSSR count). The SMILES string of the molecule is CCc1ncc(C(=O)Nc2ccc(OCCN(C)C)cc2)s1. The van der Waals surface area contributed by atoms with E-state index in [-0.39, 0.29) is 5.91 Å². The number of hydrogen-bond acceptors (Lipinski definition) is 5. The molecule has 1 N–H and O–H groups in total. The molecule has 1 heterocycles. The number of aryl methyl sites for hydroxylation is 1. The number of nitrogens with zero attached hydrogens (tertiary/aromatic N) is 2. The lowest BCUT2D eigenvalue weighted by molar-refractivity contribution is 0.103. The first kappa shape index (κ1) is 16.5. The van der Waals surface area contributed by atoms with E-state index in [1.165, 1.54) is 11.3 Å². The highest BCUT2D eigenvalue weighted by Gasteiger charge is 2.10. The quantitative estimate of drug-likeness (QED) is 0.852. The molecule has 1 aromatic carbocycles. The zero-order valence-electron chi connectivity index (χ0n) is 13.1. The average molecular weight is 319 g/mol. The summed E-state index contributed by atoms with van der Waals surface area (Å²) < 4.78 is 5.62. The van der Waals surface area contributed by atoms with Crippen LogP contribution in [0.4, 0.5) is 5.69 Å². The molecule has 0 radical (unpaired) electrons. The highest BCUT2D eigenvalue weighted by molar-refractivity contribution is 7.13. The Morgan fingerprint density at radius 2 is 2.05 bits per heavy atom. The van der Waals surface area contributed by atoms with Crippen molar-refractivity contribution in [2.45, 2.75) is 13.3 Å². The van der Waals surface area contributed by atoms with Crippen LogP contribution >= 0.6 is 11.3 Å². The molecule has 0 unspecified atom stereocenters. The molecular weight excluding hydrogens is 298 g/mol. The van der Waals surface area contributed by atoms with Gasteiger partial charge in [0.25, 0.3) is 5.91 Å². The molecule has 0 saturated heterocycles. The second-order valence-electron chi connectivity index (χ2n) is 5.10. The first-order valence-corrected chi connectivity index (χ1v) is 8.03. The van der Waals surface area contributed by atoms with Gasteiger partial charge >= 0.3 is 0 Å². The number of thiazole rings is 1. The van der Waals surface area contributed by atoms with Crippen LogP contribution in [0.5, 0.6) is 5.75 Å². The smallest absolute Gasteiger partial charge is 0.267 e. The molecule has 0 saturated carbocycles. The molecule has 6 heteroatoms. The van der Waals surface area contributed by atoms with Crippen molar-refractivity contribution in [3.8, 4) is 5.75 Å². The molecule has 0 aliphatic heterocycles. The maximum atomic E-state index is 12.1. The van der Waals surface area contributed by atoms with E-state index in [9.17, 15) is 4.79 Å². The van der Waals surface area contributed by atoms with Gasteiger partial charge in [0.2, 0.25) is 0 Å². The predicted octanol–water partition coefficient (Wildman–Crippen LogP) is 2.90. The molecule has 118 valence electrons. The first-order chi connectivity index (χ1) is 10.6. The monoisotopic (exact) mass is 319 g/mol. The van der Waals surface area contributed by atoms with Crippen LogP contribution in [0.15, 0.2) is 30.5 Å². The summed E-state index contributed by atoms with van der Waals surface area (Å²) in [6.45, 7) is 3.53. The normalized spacial score (nSPS) is 10.7. The Labute approximate surface area is 134 Å². The summed E-state index contributed by atoms with van der Waals surface area (Å²) in [5, 5.41) is 3.83. The van der Waals surface area contributed by atoms with E-state index in [2.05, 4.69) is 15.2 Å². The Morgan fingerprint density at radius 3 is 2.64 bits per heavy atom. The molecule has 1 amide bonds. The topological polar surface area (TPSA) is 54.5 Å². The van der Waals surface area contributed by atoms with Gasteiger partial charge in [-0.2, -0.15) is 0 Å². The first-order valence-electron chi connectivity index (χ1n) is 7.22. The van der Waals surface area contributed by atoms with Gasteiger partial charge in [-0.15, -0.1) is 11.3 Å². The molecule has 1 aromatic heterocycles. The lowest BCUT2D eigenvalue weighted by Crippen LogP contribution is -2.19. The third-order valence-electron chi connectivity index (χ3n) is 3.00. The fourth-order valence-electron chi connectivity index (χ4n) is 1.75. The number of aromatic nitrogens is 1. The summed E-state index contributed by atoms with van der Waals surface area (Å²) in [5.74, 6) is 0.671. The van der Waals surface area contributed by atoms with Crippen molar-refractivity contribution >= 4 is 22.9 Å². The van der Waals surface area contributed by atoms with Crippen LogP contribution in [0.25, 0.3) is 0 Å². The predicted molar refractivity (Wildman–Crippen MR) is 89.9 cm³/mol. The minimum atomic E-state index is -0.126. The van der Waals surface area contributed by atoms with Gasteiger partial charge in [0.1, 0.15) is 17.2 Å². The van der Waals surface area contributed by atoms with Crippen LogP contribution in [0, 0.1) is 0 Å². The Balaban J connectivity index is 1.89. The molecule has 0 aliphatic rings. The molecule has 0 aliphatic carbocycles. The number of nitrogens with one attached hydrogen (secondary N) is 1. The van der Waals surface area contributed by atoms with E-state index >= 15 is 0 Å². The Kier molecular flexibility index (Phi) is 5.91. The van der Waals surface area contributed by atoms with Crippen molar-refractivity contribution in [2.75, 3.05) is 32.6 Å². The summed E-state index contributed by atoms with van der Waals surface area (Å²) in [6.07, 6.45) is 2.47. The van der Waals surface area contributed by atoms with Crippen molar-refractivity contribution in [3.63, 3.8) is 0 Å². The van der Waals surface area contributed by atoms with Crippen LogP contribution in [0.2, 0.25) is 0 Å². The van der Waals surface area contributed by atoms with E-state index in [0.29, 0.717) is 11.5 Å². The van der Waals surface area contributed by atoms with E-state index in [1.54, 1.807) is 6.20 Å². The Bertz CT molecular complexity index is 608. The minimum absolute atomic E-state index is 0.126. The molecule has 22 heavy (non-hydrogen) atoms. The van der Waals surface area contributed by atoms with Crippen LogP contribution in [-0.4, -0.2) is 43.0 Å². The maximum Gasteiger partial charge on any atom is 0.267 e. The summed E-state index contributed by atoms with van der Waals surface area (Å²) in [4.78, 5) is 19.0. The van der Waals surface area contributed by atoms with Crippen LogP contribution in [0.1, 0.15) is 21.6 Å². The van der Waals surface area contributed by atoms with Gasteiger partial charge in [-0.1, -0.05) is 6.92 Å². The second-order valence-corrected chi connectivity index (χ2v) is 6.22. The summed E-state index contributed by atoms with van der Waals surface area (Å²) in [5.41, 5.74) is 0.747. The van der Waals surface area contributed by atoms with Crippen molar-refractivity contribution in [1.29, 1.82) is 0 Å². The number of carbonyl (C=O) groups is 1. The third kappa shape index (κ3) is 4.82. The zero-order valence-corrected chi connectivity index (χ0v) is 13.9. The number of carbonyl (C=O) groups excluding carboxylic acids is 1. The standard InChI is InChI=1S/C16H21N3O2S/c1-4-15-17-11-14(22-15)16(20)18-12-5-7-13(8-6-12)21-10-9-19(2)3/h5-8,11H,4,9-10H2,1-3H3,(H,18,20). The van der Waals surface area contributed by atoms with Crippen LogP contribution in [-0.2, 0) is 6.42 Å². The van der Waals surface area contributed by atoms with E-state index in [1.807, 2.05) is 45.3 Å². The summed E-state index contributed by atoms with van der Waals surface area (Å²) in [7, 11) is 4.01. The van der Waals surface area contributed by atoms with Crippen molar-refractivity contribution in [2.24, 2.45) is 0 Å². The lowest BCUT2D eigenvalue weighted by atomic mass is 10.3. The highest BCUT2D eigenvalue weighted by atomic mass is 32.1. The summed E-state index contributed by atoms with van der Waals surface area (Å²) in [6, 6.07) is 7.39. The van der Waals surface area contributed by atoms with Gasteiger partial charge in [-0.25, -0.2) is 4.98 Å². The van der Waals surface area contributed by atoms with Gasteiger partial charge in [0, 0.05) is 12.2 Å². The van der Waals surface area contributed by atoms with E-state index in [0.717, 1.165) is 29.4 Å². The van der Waals surface area contributed by atoms with Gasteiger partial charge in [0.15, 0.2) is 0 Å². The second kappa shape index (κ2) is 7.91. The van der Waals surface area contributed by atoms with E-state index < -0.39 is 0 Å². The van der Waals surface area contributed by atoms with Gasteiger partial charge < -0.3 is 15.0 Å². The zero-order chi connectivity index (χ0) is 15.9. The number of amides is 1. The number of rotatable bonds is 7. The fourth-order valence-corrected chi connectivity index (χ4v) is 2.50. The lowest BCUT2D eigenvalue weighted by Gasteiger charge is -2.11. The maximum absolute atomic E-state index is 12.1. The molecule has 0 atom stereocenters. The van der Waals surface area contributed by atoms with Gasteiger partial charge in [0.05, 0.1) is 11.2 Å². The van der Waals surface area contributed by atoms with Gasteiger partial charge in [-0.05, 0) is 44.8 Å². The summed E-state index contributed by atoms with van der Waals surface area (Å²) >= 11 is 1.42. The van der Waals surface area contributed by atoms with Crippen molar-refractivity contribution in [3.05, 3.63) is 40.3 Å².